The molecule has 0 bridgehead atoms. The van der Waals surface area contributed by atoms with E-state index in [4.69, 9.17) is 5.73 Å². The number of hydrogen-bond donors (Lipinski definition) is 3. The number of rotatable bonds is 5. The molecular weight excluding hydrogens is 285 g/mol. The van der Waals surface area contributed by atoms with E-state index in [-0.39, 0.29) is 12.4 Å². The molecule has 0 saturated carbocycles. The molecule has 0 aliphatic carbocycles. The molecule has 0 fully saturated rings. The Labute approximate surface area is 127 Å². The number of primary amides is 1. The number of amides is 3. The van der Waals surface area contributed by atoms with E-state index in [1.54, 1.807) is 42.5 Å². The van der Waals surface area contributed by atoms with Crippen LogP contribution in [0.2, 0.25) is 0 Å². The molecule has 0 heterocycles. The van der Waals surface area contributed by atoms with E-state index in [9.17, 15) is 14.0 Å². The van der Waals surface area contributed by atoms with Gasteiger partial charge >= 0.3 is 6.03 Å². The molecule has 2 rings (SSSR count). The molecule has 1 atom stereocenters. The van der Waals surface area contributed by atoms with E-state index in [0.717, 1.165) is 0 Å². The van der Waals surface area contributed by atoms with Gasteiger partial charge < -0.3 is 5.73 Å². The Morgan fingerprint density at radius 2 is 1.68 bits per heavy atom. The zero-order valence-corrected chi connectivity index (χ0v) is 11.8. The first-order chi connectivity index (χ1) is 10.6. The normalized spacial score (nSPS) is 11.7. The summed E-state index contributed by atoms with van der Waals surface area (Å²) in [5.74, 6) is -0.952. The predicted molar refractivity (Wildman–Crippen MR) is 80.1 cm³/mol. The van der Waals surface area contributed by atoms with Crippen LogP contribution < -0.4 is 16.4 Å². The summed E-state index contributed by atoms with van der Waals surface area (Å²) in [6.45, 7) is 0.137. The van der Waals surface area contributed by atoms with Crippen LogP contribution in [-0.4, -0.2) is 11.9 Å². The van der Waals surface area contributed by atoms with Gasteiger partial charge in [0.15, 0.2) is 0 Å². The van der Waals surface area contributed by atoms with Crippen molar-refractivity contribution in [3.05, 3.63) is 71.5 Å². The second kappa shape index (κ2) is 7.33. The number of benzene rings is 2. The third-order valence-corrected chi connectivity index (χ3v) is 3.10. The van der Waals surface area contributed by atoms with Gasteiger partial charge in [0.05, 0.1) is 0 Å². The standard InChI is InChI=1S/C16H16FN3O2/c17-13-9-5-4-8-12(13)10-19-14(15(21)20-16(18)22)11-6-2-1-3-7-11/h1-9,14,19H,10H2,(H3,18,20,21,22)/t14-/m1/s1. The molecule has 0 radical (unpaired) electrons. The molecule has 2 aromatic carbocycles. The average Bonchev–Trinajstić information content (AvgIpc) is 2.49. The van der Waals surface area contributed by atoms with E-state index < -0.39 is 18.0 Å². The summed E-state index contributed by atoms with van der Waals surface area (Å²) in [4.78, 5) is 23.0. The predicted octanol–water partition coefficient (Wildman–Crippen LogP) is 1.85. The molecule has 0 unspecified atom stereocenters. The van der Waals surface area contributed by atoms with Crippen molar-refractivity contribution >= 4 is 11.9 Å². The fourth-order valence-electron chi connectivity index (χ4n) is 2.05. The highest BCUT2D eigenvalue weighted by Gasteiger charge is 2.21. The first-order valence-corrected chi connectivity index (χ1v) is 6.70. The van der Waals surface area contributed by atoms with Crippen LogP contribution in [0.3, 0.4) is 0 Å². The van der Waals surface area contributed by atoms with Crippen molar-refractivity contribution in [1.29, 1.82) is 0 Å². The zero-order valence-electron chi connectivity index (χ0n) is 11.8. The minimum Gasteiger partial charge on any atom is -0.351 e. The van der Waals surface area contributed by atoms with Gasteiger partial charge in [0.1, 0.15) is 11.9 Å². The summed E-state index contributed by atoms with van der Waals surface area (Å²) in [5, 5.41) is 4.97. The minimum atomic E-state index is -0.932. The van der Waals surface area contributed by atoms with Gasteiger partial charge in [0.25, 0.3) is 0 Å². The van der Waals surface area contributed by atoms with Gasteiger partial charge in [0, 0.05) is 12.1 Å². The Hall–Kier alpha value is -2.73. The Kier molecular flexibility index (Phi) is 5.21. The van der Waals surface area contributed by atoms with Gasteiger partial charge in [-0.05, 0) is 11.6 Å². The summed E-state index contributed by atoms with van der Waals surface area (Å²) < 4.78 is 13.6. The number of halogens is 1. The van der Waals surface area contributed by atoms with Crippen LogP contribution in [0.25, 0.3) is 0 Å². The highest BCUT2D eigenvalue weighted by atomic mass is 19.1. The third kappa shape index (κ3) is 4.13. The van der Waals surface area contributed by atoms with Crippen LogP contribution in [-0.2, 0) is 11.3 Å². The van der Waals surface area contributed by atoms with Gasteiger partial charge in [0.2, 0.25) is 5.91 Å². The van der Waals surface area contributed by atoms with E-state index in [1.165, 1.54) is 6.07 Å². The van der Waals surface area contributed by atoms with Crippen LogP contribution in [0, 0.1) is 5.82 Å². The SMILES string of the molecule is NC(=O)NC(=O)[C@H](NCc1ccccc1F)c1ccccc1. The summed E-state index contributed by atoms with van der Waals surface area (Å²) in [6, 6.07) is 13.3. The average molecular weight is 301 g/mol. The Balaban J connectivity index is 2.16. The summed E-state index contributed by atoms with van der Waals surface area (Å²) >= 11 is 0. The number of imide groups is 1. The monoisotopic (exact) mass is 301 g/mol. The van der Waals surface area contributed by atoms with Crippen molar-refractivity contribution in [1.82, 2.24) is 10.6 Å². The maximum Gasteiger partial charge on any atom is 0.318 e. The highest BCUT2D eigenvalue weighted by Crippen LogP contribution is 2.15. The van der Waals surface area contributed by atoms with Crippen molar-refractivity contribution in [2.45, 2.75) is 12.6 Å². The van der Waals surface area contributed by atoms with Crippen molar-refractivity contribution < 1.29 is 14.0 Å². The van der Waals surface area contributed by atoms with Crippen molar-refractivity contribution in [2.24, 2.45) is 5.73 Å². The van der Waals surface area contributed by atoms with Gasteiger partial charge in [-0.1, -0.05) is 48.5 Å². The summed E-state index contributed by atoms with van der Waals surface area (Å²) in [7, 11) is 0. The Bertz CT molecular complexity index is 661. The van der Waals surface area contributed by atoms with E-state index >= 15 is 0 Å². The van der Waals surface area contributed by atoms with Crippen LogP contribution in [0.1, 0.15) is 17.2 Å². The number of carbonyl (C=O) groups excluding carboxylic acids is 2. The fourth-order valence-corrected chi connectivity index (χ4v) is 2.05. The van der Waals surface area contributed by atoms with E-state index in [0.29, 0.717) is 11.1 Å². The highest BCUT2D eigenvalue weighted by molar-refractivity contribution is 5.96. The second-order valence-electron chi connectivity index (χ2n) is 4.67. The molecule has 4 N–H and O–H groups in total. The van der Waals surface area contributed by atoms with Gasteiger partial charge in [-0.15, -0.1) is 0 Å². The fraction of sp³-hybridized carbons (Fsp3) is 0.125. The molecule has 3 amide bonds. The number of carbonyl (C=O) groups is 2. The van der Waals surface area contributed by atoms with E-state index in [1.807, 2.05) is 11.4 Å². The quantitative estimate of drug-likeness (QED) is 0.788. The van der Waals surface area contributed by atoms with Crippen molar-refractivity contribution in [3.8, 4) is 0 Å². The van der Waals surface area contributed by atoms with Gasteiger partial charge in [-0.2, -0.15) is 0 Å². The van der Waals surface area contributed by atoms with Crippen molar-refractivity contribution in [2.75, 3.05) is 0 Å². The summed E-state index contributed by atoms with van der Waals surface area (Å²) in [6.07, 6.45) is 0. The van der Waals surface area contributed by atoms with Gasteiger partial charge in [-0.3, -0.25) is 15.4 Å². The smallest absolute Gasteiger partial charge is 0.318 e. The lowest BCUT2D eigenvalue weighted by Crippen LogP contribution is -2.42. The zero-order chi connectivity index (χ0) is 15.9. The molecule has 0 saturated heterocycles. The molecule has 22 heavy (non-hydrogen) atoms. The van der Waals surface area contributed by atoms with Gasteiger partial charge in [-0.25, -0.2) is 9.18 Å². The number of urea groups is 1. The van der Waals surface area contributed by atoms with Crippen LogP contribution in [0.5, 0.6) is 0 Å². The van der Waals surface area contributed by atoms with Crippen LogP contribution in [0.15, 0.2) is 54.6 Å². The Morgan fingerprint density at radius 1 is 1.05 bits per heavy atom. The topological polar surface area (TPSA) is 84.2 Å². The number of nitrogens with one attached hydrogen (secondary N) is 2. The molecule has 114 valence electrons. The largest absolute Gasteiger partial charge is 0.351 e. The van der Waals surface area contributed by atoms with E-state index in [2.05, 4.69) is 5.32 Å². The maximum absolute atomic E-state index is 13.6. The molecule has 5 nitrogen and oxygen atoms in total. The Morgan fingerprint density at radius 3 is 2.32 bits per heavy atom. The second-order valence-corrected chi connectivity index (χ2v) is 4.67. The molecular formula is C16H16FN3O2. The molecule has 0 spiro atoms. The molecule has 0 aliphatic rings. The lowest BCUT2D eigenvalue weighted by atomic mass is 10.1. The van der Waals surface area contributed by atoms with Crippen LogP contribution in [0.4, 0.5) is 9.18 Å². The molecule has 0 aliphatic heterocycles. The lowest BCUT2D eigenvalue weighted by molar-refractivity contribution is -0.122. The summed E-state index contributed by atoms with van der Waals surface area (Å²) in [5.41, 5.74) is 6.06. The third-order valence-electron chi connectivity index (χ3n) is 3.10. The first kappa shape index (κ1) is 15.7. The minimum absolute atomic E-state index is 0.137. The molecule has 6 heteroatoms. The first-order valence-electron chi connectivity index (χ1n) is 6.70. The lowest BCUT2D eigenvalue weighted by Gasteiger charge is -2.18. The number of nitrogens with two attached hydrogens (primary N) is 1. The molecule has 0 aromatic heterocycles. The molecule has 2 aromatic rings. The van der Waals surface area contributed by atoms with Crippen LogP contribution >= 0.6 is 0 Å². The number of hydrogen-bond acceptors (Lipinski definition) is 3. The van der Waals surface area contributed by atoms with Crippen molar-refractivity contribution in [3.63, 3.8) is 0 Å². The maximum atomic E-state index is 13.6.